The summed E-state index contributed by atoms with van der Waals surface area (Å²) >= 11 is 13.7. The van der Waals surface area contributed by atoms with Crippen LogP contribution < -0.4 is 0 Å². The molecular weight excluding hydrogens is 517 g/mol. The Hall–Kier alpha value is 0.110. The van der Waals surface area contributed by atoms with Crippen LogP contribution in [0.2, 0.25) is 0 Å². The molecule has 21 heavy (non-hydrogen) atoms. The van der Waals surface area contributed by atoms with Crippen LogP contribution in [-0.2, 0) is 6.18 Å². The van der Waals surface area contributed by atoms with E-state index >= 15 is 0 Å². The van der Waals surface area contributed by atoms with Gasteiger partial charge in [0.2, 0.25) is 0 Å². The Morgan fingerprint density at radius 1 is 0.810 bits per heavy atom. The lowest BCUT2D eigenvalue weighted by atomic mass is 10.1. The van der Waals surface area contributed by atoms with Gasteiger partial charge in [0.1, 0.15) is 0 Å². The van der Waals surface area contributed by atoms with E-state index in [4.69, 9.17) is 0 Å². The van der Waals surface area contributed by atoms with E-state index in [1.165, 1.54) is 12.1 Å². The molecule has 0 aliphatic rings. The summed E-state index contributed by atoms with van der Waals surface area (Å²) in [5, 5.41) is 0. The molecule has 0 saturated carbocycles. The third-order valence-corrected chi connectivity index (χ3v) is 9.28. The molecule has 3 rings (SSSR count). The summed E-state index contributed by atoms with van der Waals surface area (Å²) in [4.78, 5) is 0.929. The highest BCUT2D eigenvalue weighted by molar-refractivity contribution is 9.13. The Kier molecular flexibility index (Phi) is 4.29. The Balaban J connectivity index is 2.10. The number of benzene rings is 1. The molecule has 8 heteroatoms. The Bertz CT molecular complexity index is 816. The maximum Gasteiger partial charge on any atom is 0.416 e. The van der Waals surface area contributed by atoms with E-state index in [2.05, 4.69) is 47.8 Å². The quantitative estimate of drug-likeness (QED) is 0.305. The smallest absolute Gasteiger partial charge is 0.166 e. The van der Waals surface area contributed by atoms with E-state index in [0.29, 0.717) is 0 Å². The first-order valence-electron chi connectivity index (χ1n) is 5.52. The monoisotopic (exact) mass is 518 g/mol. The lowest BCUT2D eigenvalue weighted by molar-refractivity contribution is -0.137. The first kappa shape index (κ1) is 16.0. The molecule has 0 atom stereocenters. The van der Waals surface area contributed by atoms with Crippen LogP contribution in [0.25, 0.3) is 19.8 Å². The molecule has 2 aromatic heterocycles. The molecule has 0 N–H and O–H groups in total. The summed E-state index contributed by atoms with van der Waals surface area (Å²) in [6.07, 6.45) is -4.31. The summed E-state index contributed by atoms with van der Waals surface area (Å²) in [6.45, 7) is 0. The zero-order valence-corrected chi connectivity index (χ0v) is 16.3. The SMILES string of the molecule is FC(F)(F)c1ccc(-c2sc3c(Br)c(Br)sc3c2Br)cc1. The van der Waals surface area contributed by atoms with Gasteiger partial charge in [-0.3, -0.25) is 0 Å². The Morgan fingerprint density at radius 3 is 1.90 bits per heavy atom. The zero-order chi connectivity index (χ0) is 15.4. The van der Waals surface area contributed by atoms with Crippen LogP contribution in [-0.4, -0.2) is 0 Å². The average molecular weight is 521 g/mol. The first-order valence-corrected chi connectivity index (χ1v) is 9.53. The molecule has 3 aromatic rings. The summed E-state index contributed by atoms with van der Waals surface area (Å²) in [7, 11) is 0. The summed E-state index contributed by atoms with van der Waals surface area (Å²) in [5.41, 5.74) is 0.135. The third-order valence-electron chi connectivity index (χ3n) is 2.85. The predicted octanol–water partition coefficient (Wildman–Crippen LogP) is 7.94. The van der Waals surface area contributed by atoms with Crippen LogP contribution in [0.5, 0.6) is 0 Å². The van der Waals surface area contributed by atoms with Gasteiger partial charge in [0.25, 0.3) is 0 Å². The summed E-state index contributed by atoms with van der Waals surface area (Å²) in [6, 6.07) is 5.24. The number of hydrogen-bond acceptors (Lipinski definition) is 2. The second-order valence-electron chi connectivity index (χ2n) is 4.17. The first-order chi connectivity index (χ1) is 9.79. The fourth-order valence-electron chi connectivity index (χ4n) is 1.85. The maximum atomic E-state index is 12.6. The maximum absolute atomic E-state index is 12.6. The second kappa shape index (κ2) is 5.63. The van der Waals surface area contributed by atoms with Crippen molar-refractivity contribution in [3.8, 4) is 10.4 Å². The lowest BCUT2D eigenvalue weighted by Gasteiger charge is -2.07. The van der Waals surface area contributed by atoms with E-state index in [1.807, 2.05) is 0 Å². The van der Waals surface area contributed by atoms with Crippen molar-refractivity contribution in [1.82, 2.24) is 0 Å². The van der Waals surface area contributed by atoms with Crippen molar-refractivity contribution in [2.24, 2.45) is 0 Å². The molecule has 0 saturated heterocycles. The van der Waals surface area contributed by atoms with Crippen molar-refractivity contribution in [2.45, 2.75) is 6.18 Å². The van der Waals surface area contributed by atoms with Gasteiger partial charge in [-0.05, 0) is 65.5 Å². The minimum absolute atomic E-state index is 0.635. The molecule has 0 nitrogen and oxygen atoms in total. The topological polar surface area (TPSA) is 0 Å². The molecule has 0 fully saturated rings. The van der Waals surface area contributed by atoms with Crippen molar-refractivity contribution in [2.75, 3.05) is 0 Å². The van der Waals surface area contributed by atoms with E-state index in [9.17, 15) is 13.2 Å². The summed E-state index contributed by atoms with van der Waals surface area (Å²) < 4.78 is 42.9. The Labute approximate surface area is 151 Å². The van der Waals surface area contributed by atoms with Crippen LogP contribution in [0.3, 0.4) is 0 Å². The molecule has 0 radical (unpaired) electrons. The van der Waals surface area contributed by atoms with Crippen LogP contribution >= 0.6 is 70.5 Å². The van der Waals surface area contributed by atoms with Gasteiger partial charge in [-0.15, -0.1) is 22.7 Å². The average Bonchev–Trinajstić information content (AvgIpc) is 2.88. The third kappa shape index (κ3) is 2.85. The number of hydrogen-bond donors (Lipinski definition) is 0. The van der Waals surface area contributed by atoms with Gasteiger partial charge in [-0.25, -0.2) is 0 Å². The standard InChI is InChI=1S/C13H4Br3F3S2/c14-7-9(20-11-8(15)12(16)21-10(7)11)5-1-3-6(4-2-5)13(17,18)19/h1-4H. The number of halogens is 6. The van der Waals surface area contributed by atoms with Crippen molar-refractivity contribution in [1.29, 1.82) is 0 Å². The molecule has 0 spiro atoms. The number of thiophene rings is 2. The summed E-state index contributed by atoms with van der Waals surface area (Å²) in [5.74, 6) is 0. The number of alkyl halides is 3. The van der Waals surface area contributed by atoms with E-state index in [-0.39, 0.29) is 0 Å². The van der Waals surface area contributed by atoms with Gasteiger partial charge in [0, 0.05) is 0 Å². The van der Waals surface area contributed by atoms with Crippen molar-refractivity contribution < 1.29 is 13.2 Å². The van der Waals surface area contributed by atoms with Gasteiger partial charge in [-0.2, -0.15) is 13.2 Å². The van der Waals surface area contributed by atoms with Gasteiger partial charge in [0.05, 0.1) is 32.6 Å². The minimum Gasteiger partial charge on any atom is -0.166 e. The normalized spacial score (nSPS) is 12.3. The predicted molar refractivity (Wildman–Crippen MR) is 93.2 cm³/mol. The highest BCUT2D eigenvalue weighted by atomic mass is 79.9. The van der Waals surface area contributed by atoms with Crippen molar-refractivity contribution >= 4 is 79.9 Å². The molecule has 2 heterocycles. The molecule has 0 amide bonds. The largest absolute Gasteiger partial charge is 0.416 e. The highest BCUT2D eigenvalue weighted by Crippen LogP contribution is 2.51. The second-order valence-corrected chi connectivity index (χ2v) is 9.11. The molecule has 110 valence electrons. The van der Waals surface area contributed by atoms with Crippen LogP contribution in [0.4, 0.5) is 13.2 Å². The fourth-order valence-corrected chi connectivity index (χ4v) is 6.70. The molecule has 0 aliphatic heterocycles. The van der Waals surface area contributed by atoms with Crippen LogP contribution in [0.15, 0.2) is 37.0 Å². The van der Waals surface area contributed by atoms with E-state index in [0.717, 1.165) is 44.7 Å². The van der Waals surface area contributed by atoms with E-state index in [1.54, 1.807) is 22.7 Å². The van der Waals surface area contributed by atoms with Crippen LogP contribution in [0, 0.1) is 0 Å². The lowest BCUT2D eigenvalue weighted by Crippen LogP contribution is -2.03. The minimum atomic E-state index is -4.31. The van der Waals surface area contributed by atoms with Crippen molar-refractivity contribution in [3.63, 3.8) is 0 Å². The molecule has 0 aliphatic carbocycles. The van der Waals surface area contributed by atoms with Crippen molar-refractivity contribution in [3.05, 3.63) is 42.6 Å². The highest BCUT2D eigenvalue weighted by Gasteiger charge is 2.30. The molecule has 1 aromatic carbocycles. The Morgan fingerprint density at radius 2 is 1.38 bits per heavy atom. The zero-order valence-electron chi connectivity index (χ0n) is 9.89. The number of rotatable bonds is 1. The van der Waals surface area contributed by atoms with Gasteiger partial charge < -0.3 is 0 Å². The van der Waals surface area contributed by atoms with Crippen LogP contribution in [0.1, 0.15) is 5.56 Å². The van der Waals surface area contributed by atoms with E-state index < -0.39 is 11.7 Å². The van der Waals surface area contributed by atoms with Gasteiger partial charge in [-0.1, -0.05) is 12.1 Å². The molecular formula is C13H4Br3F3S2. The van der Waals surface area contributed by atoms with Gasteiger partial charge in [0.15, 0.2) is 0 Å². The molecule has 0 unspecified atom stereocenters. The fraction of sp³-hybridized carbons (Fsp3) is 0.0769. The number of fused-ring (bicyclic) bond motifs is 1. The molecule has 0 bridgehead atoms. The van der Waals surface area contributed by atoms with Gasteiger partial charge >= 0.3 is 6.18 Å².